The Morgan fingerprint density at radius 2 is 1.36 bits per heavy atom. The predicted molar refractivity (Wildman–Crippen MR) is 119 cm³/mol. The SMILES string of the molecule is CC(C)[C@H](N=Cc1ccccc1P(c1ccccc1)c1ccccc1)C(=O)O. The molecule has 142 valence electrons. The van der Waals surface area contributed by atoms with E-state index < -0.39 is 19.9 Å². The average molecular weight is 389 g/mol. The van der Waals surface area contributed by atoms with E-state index in [9.17, 15) is 9.90 Å². The molecule has 1 N–H and O–H groups in total. The van der Waals surface area contributed by atoms with Crippen LogP contribution in [0.2, 0.25) is 0 Å². The molecule has 4 heteroatoms. The number of benzene rings is 3. The zero-order valence-corrected chi connectivity index (χ0v) is 17.0. The molecule has 0 radical (unpaired) electrons. The summed E-state index contributed by atoms with van der Waals surface area (Å²) < 4.78 is 0. The van der Waals surface area contributed by atoms with Gasteiger partial charge in [0.2, 0.25) is 0 Å². The van der Waals surface area contributed by atoms with Crippen molar-refractivity contribution >= 4 is 36.0 Å². The van der Waals surface area contributed by atoms with Gasteiger partial charge in [0.1, 0.15) is 6.04 Å². The van der Waals surface area contributed by atoms with Crippen molar-refractivity contribution in [1.82, 2.24) is 0 Å². The fourth-order valence-electron chi connectivity index (χ4n) is 3.06. The number of nitrogens with zero attached hydrogens (tertiary/aromatic N) is 1. The van der Waals surface area contributed by atoms with E-state index in [1.54, 1.807) is 6.21 Å². The van der Waals surface area contributed by atoms with Crippen molar-refractivity contribution in [1.29, 1.82) is 0 Å². The van der Waals surface area contributed by atoms with Crippen molar-refractivity contribution in [3.63, 3.8) is 0 Å². The lowest BCUT2D eigenvalue weighted by atomic mass is 10.1. The normalized spacial score (nSPS) is 12.6. The molecule has 0 aromatic heterocycles. The Balaban J connectivity index is 2.09. The van der Waals surface area contributed by atoms with Crippen LogP contribution in [0.3, 0.4) is 0 Å². The number of aliphatic imine (C=N–C) groups is 1. The van der Waals surface area contributed by atoms with Gasteiger partial charge in [0.05, 0.1) is 0 Å². The van der Waals surface area contributed by atoms with Crippen LogP contribution in [0, 0.1) is 5.92 Å². The van der Waals surface area contributed by atoms with Crippen molar-refractivity contribution in [2.45, 2.75) is 19.9 Å². The molecular weight excluding hydrogens is 365 g/mol. The second kappa shape index (κ2) is 9.43. The first kappa shape index (κ1) is 20.0. The highest BCUT2D eigenvalue weighted by atomic mass is 31.1. The van der Waals surface area contributed by atoms with Crippen LogP contribution in [0.25, 0.3) is 0 Å². The number of aliphatic carboxylic acids is 1. The van der Waals surface area contributed by atoms with Crippen molar-refractivity contribution in [2.75, 3.05) is 0 Å². The fraction of sp³-hybridized carbons (Fsp3) is 0.167. The molecule has 0 aliphatic rings. The lowest BCUT2D eigenvalue weighted by Gasteiger charge is -2.21. The molecule has 0 spiro atoms. The molecule has 3 nitrogen and oxygen atoms in total. The maximum atomic E-state index is 11.5. The monoisotopic (exact) mass is 389 g/mol. The molecular formula is C24H24NO2P. The van der Waals surface area contributed by atoms with E-state index in [0.29, 0.717) is 0 Å². The van der Waals surface area contributed by atoms with Crippen molar-refractivity contribution < 1.29 is 9.90 Å². The average Bonchev–Trinajstić information content (AvgIpc) is 2.70. The van der Waals surface area contributed by atoms with Gasteiger partial charge < -0.3 is 5.11 Å². The maximum absolute atomic E-state index is 11.5. The van der Waals surface area contributed by atoms with Crippen LogP contribution >= 0.6 is 7.92 Å². The third-order valence-corrected chi connectivity index (χ3v) is 6.98. The minimum Gasteiger partial charge on any atom is -0.480 e. The Bertz CT molecular complexity index is 900. The van der Waals surface area contributed by atoms with Crippen LogP contribution in [0.15, 0.2) is 89.9 Å². The zero-order valence-electron chi connectivity index (χ0n) is 16.1. The molecule has 0 bridgehead atoms. The van der Waals surface area contributed by atoms with Crippen LogP contribution in [-0.2, 0) is 4.79 Å². The molecule has 1 atom stereocenters. The number of carboxylic acid groups (broad SMARTS) is 1. The third kappa shape index (κ3) is 4.74. The topological polar surface area (TPSA) is 49.7 Å². The zero-order chi connectivity index (χ0) is 19.9. The van der Waals surface area contributed by atoms with Gasteiger partial charge in [-0.05, 0) is 29.8 Å². The second-order valence-electron chi connectivity index (χ2n) is 6.87. The van der Waals surface area contributed by atoms with E-state index in [1.807, 2.05) is 44.2 Å². The molecule has 3 rings (SSSR count). The highest BCUT2D eigenvalue weighted by Crippen LogP contribution is 2.33. The molecule has 0 unspecified atom stereocenters. The molecule has 0 saturated heterocycles. The number of carbonyl (C=O) groups is 1. The number of rotatable bonds is 7. The van der Waals surface area contributed by atoms with Gasteiger partial charge in [-0.15, -0.1) is 0 Å². The van der Waals surface area contributed by atoms with Gasteiger partial charge in [-0.1, -0.05) is 98.8 Å². The second-order valence-corrected chi connectivity index (χ2v) is 9.06. The minimum atomic E-state index is -0.892. The van der Waals surface area contributed by atoms with Crippen LogP contribution in [0.1, 0.15) is 19.4 Å². The van der Waals surface area contributed by atoms with E-state index >= 15 is 0 Å². The quantitative estimate of drug-likeness (QED) is 0.491. The highest BCUT2D eigenvalue weighted by molar-refractivity contribution is 7.80. The van der Waals surface area contributed by atoms with E-state index in [0.717, 1.165) is 5.56 Å². The Kier molecular flexibility index (Phi) is 6.73. The lowest BCUT2D eigenvalue weighted by Crippen LogP contribution is -2.26. The van der Waals surface area contributed by atoms with Crippen LogP contribution < -0.4 is 15.9 Å². The standard InChI is InChI=1S/C24H24NO2P/c1-18(2)23(24(26)27)25-17-19-11-9-10-16-22(19)28(20-12-5-3-6-13-20)21-14-7-4-8-15-21/h3-18,23H,1-2H3,(H,26,27)/t23-/m0/s1. The molecule has 28 heavy (non-hydrogen) atoms. The fourth-order valence-corrected chi connectivity index (χ4v) is 5.48. The first-order valence-corrected chi connectivity index (χ1v) is 10.7. The molecule has 0 saturated carbocycles. The van der Waals surface area contributed by atoms with Gasteiger partial charge >= 0.3 is 5.97 Å². The smallest absolute Gasteiger partial charge is 0.328 e. The summed E-state index contributed by atoms with van der Waals surface area (Å²) in [6.07, 6.45) is 1.73. The lowest BCUT2D eigenvalue weighted by molar-refractivity contribution is -0.139. The summed E-state index contributed by atoms with van der Waals surface area (Å²) in [4.78, 5) is 15.9. The minimum absolute atomic E-state index is 0.0642. The molecule has 3 aromatic carbocycles. The van der Waals surface area contributed by atoms with E-state index in [2.05, 4.69) is 59.6 Å². The van der Waals surface area contributed by atoms with Gasteiger partial charge in [-0.2, -0.15) is 0 Å². The Morgan fingerprint density at radius 1 is 0.857 bits per heavy atom. The Morgan fingerprint density at radius 3 is 1.86 bits per heavy atom. The summed E-state index contributed by atoms with van der Waals surface area (Å²) in [5.41, 5.74) is 0.966. The first-order chi connectivity index (χ1) is 13.6. The molecule has 0 aliphatic carbocycles. The maximum Gasteiger partial charge on any atom is 0.328 e. The van der Waals surface area contributed by atoms with Gasteiger partial charge in [-0.3, -0.25) is 4.99 Å². The highest BCUT2D eigenvalue weighted by Gasteiger charge is 2.21. The summed E-state index contributed by atoms with van der Waals surface area (Å²) in [5.74, 6) is -0.956. The van der Waals surface area contributed by atoms with Crippen LogP contribution in [-0.4, -0.2) is 23.3 Å². The molecule has 0 heterocycles. The van der Waals surface area contributed by atoms with Gasteiger partial charge in [0.25, 0.3) is 0 Å². The number of carboxylic acids is 1. The summed E-state index contributed by atoms with van der Waals surface area (Å²) in [5, 5.41) is 13.1. The largest absolute Gasteiger partial charge is 0.480 e. The third-order valence-electron chi connectivity index (χ3n) is 4.47. The first-order valence-electron chi connectivity index (χ1n) is 9.33. The van der Waals surface area contributed by atoms with E-state index in [-0.39, 0.29) is 5.92 Å². The summed E-state index contributed by atoms with van der Waals surface area (Å²) in [6.45, 7) is 3.76. The number of hydrogen-bond donors (Lipinski definition) is 1. The molecule has 3 aromatic rings. The Labute approximate surface area is 167 Å². The van der Waals surface area contributed by atoms with Crippen molar-refractivity contribution in [3.05, 3.63) is 90.5 Å². The molecule has 0 fully saturated rings. The van der Waals surface area contributed by atoms with Gasteiger partial charge in [0.15, 0.2) is 0 Å². The molecule has 0 amide bonds. The predicted octanol–water partition coefficient (Wildman–Crippen LogP) is 3.97. The summed E-state index contributed by atoms with van der Waals surface area (Å²) in [7, 11) is -0.767. The Hall–Kier alpha value is -2.77. The molecule has 0 aliphatic heterocycles. The van der Waals surface area contributed by atoms with Gasteiger partial charge in [0, 0.05) is 11.8 Å². The van der Waals surface area contributed by atoms with Crippen LogP contribution in [0.4, 0.5) is 0 Å². The van der Waals surface area contributed by atoms with Crippen molar-refractivity contribution in [2.24, 2.45) is 10.9 Å². The summed E-state index contributed by atoms with van der Waals surface area (Å²) >= 11 is 0. The van der Waals surface area contributed by atoms with Gasteiger partial charge in [-0.25, -0.2) is 4.79 Å². The van der Waals surface area contributed by atoms with Crippen molar-refractivity contribution in [3.8, 4) is 0 Å². The van der Waals surface area contributed by atoms with E-state index in [1.165, 1.54) is 15.9 Å². The van der Waals surface area contributed by atoms with E-state index in [4.69, 9.17) is 0 Å². The van der Waals surface area contributed by atoms with Crippen LogP contribution in [0.5, 0.6) is 0 Å². The summed E-state index contributed by atoms with van der Waals surface area (Å²) in [6, 6.07) is 28.3. The number of hydrogen-bond acceptors (Lipinski definition) is 2.